The van der Waals surface area contributed by atoms with E-state index in [-0.39, 0.29) is 18.7 Å². The normalized spacial score (nSPS) is 16.6. The number of cyclic esters (lactones) is 1. The summed E-state index contributed by atoms with van der Waals surface area (Å²) in [4.78, 5) is 23.0. The molecule has 0 aliphatic carbocycles. The number of amides is 1. The van der Waals surface area contributed by atoms with Gasteiger partial charge in [-0.05, 0) is 18.1 Å². The lowest BCUT2D eigenvalue weighted by Gasteiger charge is -2.09. The maximum absolute atomic E-state index is 11.6. The lowest BCUT2D eigenvalue weighted by atomic mass is 10.1. The third kappa shape index (κ3) is 4.77. The van der Waals surface area contributed by atoms with Crippen molar-refractivity contribution in [2.45, 2.75) is 25.6 Å². The molecule has 0 fully saturated rings. The molecule has 22 heavy (non-hydrogen) atoms. The highest BCUT2D eigenvalue weighted by Crippen LogP contribution is 2.18. The average Bonchev–Trinajstić information content (AvgIpc) is 2.87. The highest BCUT2D eigenvalue weighted by molar-refractivity contribution is 5.91. The van der Waals surface area contributed by atoms with Gasteiger partial charge in [0.15, 0.2) is 0 Å². The molecule has 0 radical (unpaired) electrons. The van der Waals surface area contributed by atoms with E-state index < -0.39 is 6.09 Å². The van der Waals surface area contributed by atoms with Crippen molar-refractivity contribution in [1.82, 2.24) is 5.32 Å². The van der Waals surface area contributed by atoms with Gasteiger partial charge in [-0.15, -0.1) is 6.58 Å². The minimum absolute atomic E-state index is 0.231. The fraction of sp³-hybridized carbons (Fsp3) is 0.294. The number of allylic oxidation sites excluding steroid dienone is 1. The van der Waals surface area contributed by atoms with Gasteiger partial charge in [-0.2, -0.15) is 0 Å². The second-order valence-corrected chi connectivity index (χ2v) is 4.91. The van der Waals surface area contributed by atoms with Gasteiger partial charge in [0.2, 0.25) is 0 Å². The fourth-order valence-corrected chi connectivity index (χ4v) is 2.08. The number of benzene rings is 1. The van der Waals surface area contributed by atoms with E-state index >= 15 is 0 Å². The third-order valence-corrected chi connectivity index (χ3v) is 3.18. The number of ether oxygens (including phenoxy) is 2. The average molecular weight is 301 g/mol. The van der Waals surface area contributed by atoms with Crippen LogP contribution >= 0.6 is 0 Å². The first-order chi connectivity index (χ1) is 10.7. The number of esters is 1. The Hall–Kier alpha value is -2.56. The van der Waals surface area contributed by atoms with Crippen LogP contribution in [0.4, 0.5) is 4.79 Å². The second kappa shape index (κ2) is 8.02. The largest absolute Gasteiger partial charge is 0.455 e. The van der Waals surface area contributed by atoms with Crippen molar-refractivity contribution in [2.24, 2.45) is 0 Å². The summed E-state index contributed by atoms with van der Waals surface area (Å²) in [5.41, 5.74) is 1.55. The number of rotatable bonds is 7. The predicted octanol–water partition coefficient (Wildman–Crippen LogP) is 2.73. The zero-order chi connectivity index (χ0) is 15.8. The van der Waals surface area contributed by atoms with E-state index in [2.05, 4.69) is 11.9 Å². The van der Waals surface area contributed by atoms with E-state index in [9.17, 15) is 9.59 Å². The van der Waals surface area contributed by atoms with E-state index in [1.54, 1.807) is 12.2 Å². The standard InChI is InChI=1S/C17H19NO4/c1-2-6-14-11-15(22-16(14)19)9-10-18-17(20)21-12-13-7-4-3-5-8-13/h2-5,7-8,11,15H,1,6,9-10,12H2,(H,18,20)/t15-/m0/s1. The predicted molar refractivity (Wildman–Crippen MR) is 82.0 cm³/mol. The molecule has 116 valence electrons. The summed E-state index contributed by atoms with van der Waals surface area (Å²) in [6, 6.07) is 9.45. The number of carbonyl (C=O) groups excluding carboxylic acids is 2. The number of hydrogen-bond acceptors (Lipinski definition) is 4. The quantitative estimate of drug-likeness (QED) is 0.621. The van der Waals surface area contributed by atoms with Crippen molar-refractivity contribution in [3.63, 3.8) is 0 Å². The Labute approximate surface area is 129 Å². The van der Waals surface area contributed by atoms with Crippen molar-refractivity contribution in [1.29, 1.82) is 0 Å². The maximum atomic E-state index is 11.6. The number of nitrogens with one attached hydrogen (secondary N) is 1. The summed E-state index contributed by atoms with van der Waals surface area (Å²) >= 11 is 0. The van der Waals surface area contributed by atoms with Gasteiger partial charge in [0.1, 0.15) is 12.7 Å². The fourth-order valence-electron chi connectivity index (χ4n) is 2.08. The zero-order valence-corrected chi connectivity index (χ0v) is 12.3. The van der Waals surface area contributed by atoms with Crippen LogP contribution in [0, 0.1) is 0 Å². The lowest BCUT2D eigenvalue weighted by Crippen LogP contribution is -2.27. The number of alkyl carbamates (subject to hydrolysis) is 1. The summed E-state index contributed by atoms with van der Waals surface area (Å²) in [6.45, 7) is 4.20. The van der Waals surface area contributed by atoms with Gasteiger partial charge in [0.25, 0.3) is 0 Å². The van der Waals surface area contributed by atoms with E-state index in [1.165, 1.54) is 0 Å². The van der Waals surface area contributed by atoms with Crippen molar-refractivity contribution in [2.75, 3.05) is 6.54 Å². The molecule has 0 saturated carbocycles. The monoisotopic (exact) mass is 301 g/mol. The van der Waals surface area contributed by atoms with Crippen LogP contribution in [-0.2, 0) is 20.9 Å². The van der Waals surface area contributed by atoms with Crippen LogP contribution in [0.5, 0.6) is 0 Å². The van der Waals surface area contributed by atoms with Crippen LogP contribution in [0.1, 0.15) is 18.4 Å². The van der Waals surface area contributed by atoms with Gasteiger partial charge < -0.3 is 14.8 Å². The van der Waals surface area contributed by atoms with Crippen LogP contribution in [0.2, 0.25) is 0 Å². The minimum atomic E-state index is -0.483. The first-order valence-electron chi connectivity index (χ1n) is 7.16. The highest BCUT2D eigenvalue weighted by Gasteiger charge is 2.24. The van der Waals surface area contributed by atoms with E-state index in [1.807, 2.05) is 30.3 Å². The molecule has 1 aliphatic rings. The first kappa shape index (κ1) is 15.8. The zero-order valence-electron chi connectivity index (χ0n) is 12.3. The van der Waals surface area contributed by atoms with Crippen LogP contribution < -0.4 is 5.32 Å². The summed E-state index contributed by atoms with van der Waals surface area (Å²) in [6.07, 6.45) is 3.69. The van der Waals surface area contributed by atoms with Crippen molar-refractivity contribution in [3.8, 4) is 0 Å². The van der Waals surface area contributed by atoms with Crippen molar-refractivity contribution >= 4 is 12.1 Å². The molecule has 0 aromatic heterocycles. The Morgan fingerprint density at radius 2 is 2.14 bits per heavy atom. The Balaban J connectivity index is 1.65. The smallest absolute Gasteiger partial charge is 0.407 e. The van der Waals surface area contributed by atoms with E-state index in [4.69, 9.17) is 9.47 Å². The molecule has 1 aromatic carbocycles. The molecule has 0 spiro atoms. The molecular formula is C17H19NO4. The summed E-state index contributed by atoms with van der Waals surface area (Å²) < 4.78 is 10.3. The van der Waals surface area contributed by atoms with Gasteiger partial charge in [-0.1, -0.05) is 36.4 Å². The first-order valence-corrected chi connectivity index (χ1v) is 7.16. The highest BCUT2D eigenvalue weighted by atomic mass is 16.6. The van der Waals surface area contributed by atoms with E-state index in [0.717, 1.165) is 5.56 Å². The Bertz CT molecular complexity index is 565. The number of carbonyl (C=O) groups is 2. The molecule has 0 saturated heterocycles. The molecule has 1 N–H and O–H groups in total. The van der Waals surface area contributed by atoms with Gasteiger partial charge in [0.05, 0.1) is 0 Å². The molecule has 5 heteroatoms. The molecule has 0 unspecified atom stereocenters. The molecule has 1 heterocycles. The van der Waals surface area contributed by atoms with Crippen LogP contribution in [0.3, 0.4) is 0 Å². The molecular weight excluding hydrogens is 282 g/mol. The van der Waals surface area contributed by atoms with Gasteiger partial charge in [-0.25, -0.2) is 9.59 Å². The molecule has 5 nitrogen and oxygen atoms in total. The van der Waals surface area contributed by atoms with Crippen molar-refractivity contribution in [3.05, 3.63) is 60.2 Å². The van der Waals surface area contributed by atoms with Crippen LogP contribution in [0.25, 0.3) is 0 Å². The molecule has 2 rings (SSSR count). The van der Waals surface area contributed by atoms with Gasteiger partial charge in [-0.3, -0.25) is 0 Å². The van der Waals surface area contributed by atoms with Crippen molar-refractivity contribution < 1.29 is 19.1 Å². The lowest BCUT2D eigenvalue weighted by molar-refractivity contribution is -0.139. The second-order valence-electron chi connectivity index (χ2n) is 4.91. The van der Waals surface area contributed by atoms with Gasteiger partial charge in [0, 0.05) is 18.5 Å². The SMILES string of the molecule is C=CCC1=C[C@H](CCNC(=O)OCc2ccccc2)OC1=O. The molecule has 1 atom stereocenters. The summed E-state index contributed by atoms with van der Waals surface area (Å²) in [5, 5.41) is 2.64. The minimum Gasteiger partial charge on any atom is -0.455 e. The van der Waals surface area contributed by atoms with Gasteiger partial charge >= 0.3 is 12.1 Å². The molecule has 1 amide bonds. The Morgan fingerprint density at radius 1 is 1.36 bits per heavy atom. The third-order valence-electron chi connectivity index (χ3n) is 3.18. The Morgan fingerprint density at radius 3 is 2.86 bits per heavy atom. The molecule has 1 aromatic rings. The Kier molecular flexibility index (Phi) is 5.77. The summed E-state index contributed by atoms with van der Waals surface area (Å²) in [5.74, 6) is -0.309. The van der Waals surface area contributed by atoms with Crippen LogP contribution in [0.15, 0.2) is 54.6 Å². The summed E-state index contributed by atoms with van der Waals surface area (Å²) in [7, 11) is 0. The molecule has 0 bridgehead atoms. The molecule has 1 aliphatic heterocycles. The topological polar surface area (TPSA) is 64.6 Å². The van der Waals surface area contributed by atoms with E-state index in [0.29, 0.717) is 25.0 Å². The maximum Gasteiger partial charge on any atom is 0.407 e. The number of hydrogen-bond donors (Lipinski definition) is 1. The van der Waals surface area contributed by atoms with Crippen LogP contribution in [-0.4, -0.2) is 24.7 Å².